The quantitative estimate of drug-likeness (QED) is 0.510. The molecular weight excluding hydrogens is 480 g/mol. The number of hydrogen-bond donors (Lipinski definition) is 1. The predicted octanol–water partition coefficient (Wildman–Crippen LogP) is 4.07. The lowest BCUT2D eigenvalue weighted by Crippen LogP contribution is -2.38. The van der Waals surface area contributed by atoms with Gasteiger partial charge < -0.3 is 24.3 Å². The molecular formula is C30H38N4O4. The number of benzene rings is 2. The van der Waals surface area contributed by atoms with Crippen LogP contribution < -0.4 is 9.47 Å². The summed E-state index contributed by atoms with van der Waals surface area (Å²) in [5.74, 6) is 2.68. The van der Waals surface area contributed by atoms with Crippen LogP contribution in [0.25, 0.3) is 22.2 Å². The number of aromatic nitrogens is 1. The number of fused-ring (bicyclic) bond motifs is 2. The first-order valence-electron chi connectivity index (χ1n) is 13.3. The molecule has 0 spiro atoms. The molecule has 2 aliphatic rings. The van der Waals surface area contributed by atoms with Crippen molar-refractivity contribution < 1.29 is 19.1 Å². The molecule has 8 nitrogen and oxygen atoms in total. The average Bonchev–Trinajstić information content (AvgIpc) is 3.58. The first-order chi connectivity index (χ1) is 18.2. The van der Waals surface area contributed by atoms with E-state index in [0.717, 1.165) is 53.9 Å². The van der Waals surface area contributed by atoms with Crippen molar-refractivity contribution >= 4 is 22.7 Å². The summed E-state index contributed by atoms with van der Waals surface area (Å²) in [7, 11) is 6.86. The van der Waals surface area contributed by atoms with Gasteiger partial charge in [0.2, 0.25) is 5.91 Å². The fourth-order valence-corrected chi connectivity index (χ4v) is 6.07. The van der Waals surface area contributed by atoms with Crippen LogP contribution in [0.15, 0.2) is 36.4 Å². The number of amides is 2. The lowest BCUT2D eigenvalue weighted by atomic mass is 9.95. The molecule has 3 aromatic rings. The van der Waals surface area contributed by atoms with Crippen molar-refractivity contribution in [2.24, 2.45) is 11.8 Å². The van der Waals surface area contributed by atoms with Crippen LogP contribution in [-0.2, 0) is 4.79 Å². The lowest BCUT2D eigenvalue weighted by molar-refractivity contribution is -0.129. The van der Waals surface area contributed by atoms with Gasteiger partial charge in [0, 0.05) is 62.3 Å². The maximum Gasteiger partial charge on any atom is 0.253 e. The van der Waals surface area contributed by atoms with Gasteiger partial charge in [0.05, 0.1) is 26.5 Å². The molecule has 2 aromatic carbocycles. The molecule has 5 rings (SSSR count). The molecule has 1 aromatic heterocycles. The number of likely N-dealkylation sites (N-methyl/N-ethyl adjacent to an activating group) is 1. The van der Waals surface area contributed by atoms with Crippen molar-refractivity contribution in [3.8, 4) is 22.8 Å². The number of aromatic amines is 1. The first-order valence-corrected chi connectivity index (χ1v) is 13.3. The second-order valence-electron chi connectivity index (χ2n) is 11.1. The summed E-state index contributed by atoms with van der Waals surface area (Å²) < 4.78 is 11.0. The number of rotatable bonds is 7. The molecule has 0 aliphatic carbocycles. The molecule has 3 heterocycles. The van der Waals surface area contributed by atoms with Gasteiger partial charge in [0.25, 0.3) is 5.91 Å². The molecule has 2 unspecified atom stereocenters. The maximum atomic E-state index is 13.6. The van der Waals surface area contributed by atoms with E-state index in [1.165, 1.54) is 5.56 Å². The van der Waals surface area contributed by atoms with Gasteiger partial charge >= 0.3 is 0 Å². The number of hydrogen-bond acceptors (Lipinski definition) is 5. The summed E-state index contributed by atoms with van der Waals surface area (Å²) in [6, 6.07) is 11.9. The van der Waals surface area contributed by atoms with E-state index < -0.39 is 0 Å². The molecule has 202 valence electrons. The normalized spacial score (nSPS) is 19.3. The first kappa shape index (κ1) is 26.1. The summed E-state index contributed by atoms with van der Waals surface area (Å²) in [5, 5.41) is 1.07. The monoisotopic (exact) mass is 518 g/mol. The van der Waals surface area contributed by atoms with Crippen LogP contribution in [0.3, 0.4) is 0 Å². The smallest absolute Gasteiger partial charge is 0.253 e. The van der Waals surface area contributed by atoms with Crippen LogP contribution in [-0.4, -0.2) is 92.5 Å². The third-order valence-electron chi connectivity index (χ3n) is 8.04. The molecule has 38 heavy (non-hydrogen) atoms. The zero-order valence-corrected chi connectivity index (χ0v) is 23.2. The van der Waals surface area contributed by atoms with Crippen molar-refractivity contribution in [3.63, 3.8) is 0 Å². The number of nitrogens with one attached hydrogen (secondary N) is 1. The number of carbonyl (C=O) groups is 2. The largest absolute Gasteiger partial charge is 0.493 e. The molecule has 8 heteroatoms. The summed E-state index contributed by atoms with van der Waals surface area (Å²) in [4.78, 5) is 35.2. The lowest BCUT2D eigenvalue weighted by Gasteiger charge is -2.22. The molecule has 2 amide bonds. The van der Waals surface area contributed by atoms with E-state index in [9.17, 15) is 9.59 Å². The van der Waals surface area contributed by atoms with E-state index in [1.54, 1.807) is 33.2 Å². The van der Waals surface area contributed by atoms with Crippen molar-refractivity contribution in [2.75, 3.05) is 61.0 Å². The minimum Gasteiger partial charge on any atom is -0.493 e. The topological polar surface area (TPSA) is 78.1 Å². The molecule has 2 fully saturated rings. The van der Waals surface area contributed by atoms with Gasteiger partial charge in [-0.25, -0.2) is 0 Å². The minimum absolute atomic E-state index is 0.0841. The van der Waals surface area contributed by atoms with E-state index >= 15 is 0 Å². The number of H-pyrrole nitrogens is 1. The van der Waals surface area contributed by atoms with Crippen LogP contribution >= 0.6 is 0 Å². The molecule has 0 saturated carbocycles. The fraction of sp³-hybridized carbons (Fsp3) is 0.467. The molecule has 1 N–H and O–H groups in total. The standard InChI is InChI=1S/C30H38N4O4/c1-18(2)28-23-11-20(7-9-24(23)31-29(28)19-8-10-25(37-5)26(12-19)38-6)30(36)34-15-21-13-33(14-22(21)16-34)17-27(35)32(3)4/h7-12,18,21-22,31H,13-17H2,1-6H3. The van der Waals surface area contributed by atoms with Crippen LogP contribution in [0.1, 0.15) is 35.7 Å². The Morgan fingerprint density at radius 3 is 2.26 bits per heavy atom. The minimum atomic E-state index is 0.0841. The molecule has 0 bridgehead atoms. The van der Waals surface area contributed by atoms with Gasteiger partial charge in [0.1, 0.15) is 0 Å². The molecule has 2 atom stereocenters. The highest BCUT2D eigenvalue weighted by molar-refractivity contribution is 6.01. The third-order valence-corrected chi connectivity index (χ3v) is 8.04. The van der Waals surface area contributed by atoms with Crippen LogP contribution in [0.4, 0.5) is 0 Å². The van der Waals surface area contributed by atoms with Crippen LogP contribution in [0.5, 0.6) is 11.5 Å². The Hall–Kier alpha value is -3.52. The van der Waals surface area contributed by atoms with Gasteiger partial charge in [-0.1, -0.05) is 13.8 Å². The Labute approximate surface area is 224 Å². The van der Waals surface area contributed by atoms with Crippen molar-refractivity contribution in [1.29, 1.82) is 0 Å². The molecule has 0 radical (unpaired) electrons. The highest BCUT2D eigenvalue weighted by Gasteiger charge is 2.42. The van der Waals surface area contributed by atoms with Gasteiger partial charge in [-0.15, -0.1) is 0 Å². The highest BCUT2D eigenvalue weighted by Crippen LogP contribution is 2.39. The summed E-state index contributed by atoms with van der Waals surface area (Å²) in [6.07, 6.45) is 0. The summed E-state index contributed by atoms with van der Waals surface area (Å²) >= 11 is 0. The van der Waals surface area contributed by atoms with Gasteiger partial charge in [0.15, 0.2) is 11.5 Å². The van der Waals surface area contributed by atoms with Gasteiger partial charge in [-0.05, 0) is 59.7 Å². The Morgan fingerprint density at radius 2 is 1.66 bits per heavy atom. The van der Waals surface area contributed by atoms with Gasteiger partial charge in [-0.3, -0.25) is 14.5 Å². The Bertz CT molecular complexity index is 1350. The molecule has 2 aliphatic heterocycles. The Morgan fingerprint density at radius 1 is 0.974 bits per heavy atom. The zero-order chi connectivity index (χ0) is 27.1. The SMILES string of the molecule is COc1ccc(-c2[nH]c3ccc(C(=O)N4CC5CN(CC(=O)N(C)C)CC5C4)cc3c2C(C)C)cc1OC. The number of ether oxygens (including phenoxy) is 2. The molecule has 2 saturated heterocycles. The van der Waals surface area contributed by atoms with E-state index in [2.05, 4.69) is 23.7 Å². The number of carbonyl (C=O) groups excluding carboxylic acids is 2. The number of nitrogens with zero attached hydrogens (tertiary/aromatic N) is 3. The van der Waals surface area contributed by atoms with Gasteiger partial charge in [-0.2, -0.15) is 0 Å². The second-order valence-corrected chi connectivity index (χ2v) is 11.1. The summed E-state index contributed by atoms with van der Waals surface area (Å²) in [5.41, 5.74) is 4.96. The maximum absolute atomic E-state index is 13.6. The number of methoxy groups -OCH3 is 2. The summed E-state index contributed by atoms with van der Waals surface area (Å²) in [6.45, 7) is 8.04. The Balaban J connectivity index is 1.38. The zero-order valence-electron chi connectivity index (χ0n) is 23.2. The van der Waals surface area contributed by atoms with Crippen molar-refractivity contribution in [3.05, 3.63) is 47.5 Å². The van der Waals surface area contributed by atoms with E-state index in [4.69, 9.17) is 9.47 Å². The van der Waals surface area contributed by atoms with E-state index in [0.29, 0.717) is 29.9 Å². The second kappa shape index (κ2) is 10.3. The predicted molar refractivity (Wildman–Crippen MR) is 149 cm³/mol. The van der Waals surface area contributed by atoms with Crippen LogP contribution in [0, 0.1) is 11.8 Å². The third kappa shape index (κ3) is 4.73. The van der Waals surface area contributed by atoms with Crippen molar-refractivity contribution in [2.45, 2.75) is 19.8 Å². The van der Waals surface area contributed by atoms with Crippen LogP contribution in [0.2, 0.25) is 0 Å². The number of likely N-dealkylation sites (tertiary alicyclic amines) is 2. The van der Waals surface area contributed by atoms with Crippen molar-refractivity contribution in [1.82, 2.24) is 19.7 Å². The van der Waals surface area contributed by atoms with E-state index in [1.807, 2.05) is 41.3 Å². The van der Waals surface area contributed by atoms with E-state index in [-0.39, 0.29) is 17.7 Å². The fourth-order valence-electron chi connectivity index (χ4n) is 6.07. The Kier molecular flexibility index (Phi) is 7.09. The highest BCUT2D eigenvalue weighted by atomic mass is 16.5. The average molecular weight is 519 g/mol.